The number of halogens is 1. The van der Waals surface area contributed by atoms with Crippen LogP contribution < -0.4 is 11.1 Å². The van der Waals surface area contributed by atoms with Gasteiger partial charge in [0.1, 0.15) is 5.82 Å². The number of sulfonamides is 1. The molecule has 1 saturated heterocycles. The molecule has 1 unspecified atom stereocenters. The van der Waals surface area contributed by atoms with Crippen LogP contribution >= 0.6 is 0 Å². The van der Waals surface area contributed by atoms with Gasteiger partial charge in [0, 0.05) is 31.2 Å². The maximum Gasteiger partial charge on any atom is 0.250 e. The number of nitrogens with two attached hydrogens (primary N) is 1. The van der Waals surface area contributed by atoms with Gasteiger partial charge in [0.05, 0.1) is 16.8 Å². The fraction of sp³-hybridized carbons (Fsp3) is 0.464. The van der Waals surface area contributed by atoms with Gasteiger partial charge in [-0.15, -0.1) is 0 Å². The highest BCUT2D eigenvalue weighted by Crippen LogP contribution is 2.37. The molecule has 0 saturated carbocycles. The van der Waals surface area contributed by atoms with E-state index < -0.39 is 15.9 Å². The maximum atomic E-state index is 14.6. The molecular formula is C28H37FN4O3S. The maximum absolute atomic E-state index is 14.6. The molecule has 9 heteroatoms. The fourth-order valence-electron chi connectivity index (χ4n) is 5.11. The fourth-order valence-corrected chi connectivity index (χ4v) is 6.24. The van der Waals surface area contributed by atoms with Gasteiger partial charge in [0.25, 0.3) is 5.91 Å². The molecule has 2 aromatic carbocycles. The smallest absolute Gasteiger partial charge is 0.250 e. The lowest BCUT2D eigenvalue weighted by atomic mass is 9.88. The van der Waals surface area contributed by atoms with Crippen LogP contribution in [0.25, 0.3) is 22.0 Å². The van der Waals surface area contributed by atoms with E-state index in [0.717, 1.165) is 35.0 Å². The van der Waals surface area contributed by atoms with Gasteiger partial charge in [-0.1, -0.05) is 20.3 Å². The van der Waals surface area contributed by atoms with E-state index in [1.54, 1.807) is 17.3 Å². The molecule has 1 amide bonds. The molecule has 1 aromatic heterocycles. The van der Waals surface area contributed by atoms with Crippen LogP contribution in [0.3, 0.4) is 0 Å². The van der Waals surface area contributed by atoms with Crippen molar-refractivity contribution in [1.82, 2.24) is 14.6 Å². The van der Waals surface area contributed by atoms with Crippen molar-refractivity contribution in [2.24, 2.45) is 11.7 Å². The van der Waals surface area contributed by atoms with Gasteiger partial charge in [-0.05, 0) is 90.7 Å². The minimum atomic E-state index is -3.21. The molecule has 4 rings (SSSR count). The number of nitrogens with zero attached hydrogens (tertiary/aromatic N) is 1. The topological polar surface area (TPSA) is 108 Å². The third-order valence-electron chi connectivity index (χ3n) is 7.55. The first-order valence-corrected chi connectivity index (χ1v) is 14.7. The molecular weight excluding hydrogens is 491 g/mol. The Bertz CT molecular complexity index is 1380. The molecule has 1 fully saturated rings. The van der Waals surface area contributed by atoms with Gasteiger partial charge < -0.3 is 16.0 Å². The van der Waals surface area contributed by atoms with Crippen molar-refractivity contribution in [3.05, 3.63) is 59.0 Å². The number of H-pyrrole nitrogens is 1. The molecule has 3 aromatic rings. The average molecular weight is 529 g/mol. The molecule has 1 aliphatic rings. The number of fused-ring (bicyclic) bond motifs is 1. The summed E-state index contributed by atoms with van der Waals surface area (Å²) in [7, 11) is -3.21. The number of carbonyl (C=O) groups is 1. The van der Waals surface area contributed by atoms with E-state index in [1.165, 1.54) is 12.1 Å². The minimum Gasteiger partial charge on any atom is -0.366 e. The van der Waals surface area contributed by atoms with E-state index in [-0.39, 0.29) is 17.5 Å². The Hall–Kier alpha value is -2.75. The van der Waals surface area contributed by atoms with Crippen LogP contribution in [0.2, 0.25) is 0 Å². The summed E-state index contributed by atoms with van der Waals surface area (Å²) in [6.45, 7) is 8.31. The standard InChI is InChI=1S/C28H37FN4O3S/c1-4-18(3)15-31-16-19-10-21(12-23(29)11-19)22-13-24-26(17-32-27(24)25(14-22)28(30)34)20-6-8-33(9-7-20)37(35,36)5-2/h10-14,17-18,20,31-32H,4-9,15-16H2,1-3H3,(H2,30,34). The predicted molar refractivity (Wildman–Crippen MR) is 146 cm³/mol. The van der Waals surface area contributed by atoms with E-state index in [0.29, 0.717) is 55.0 Å². The number of primary amides is 1. The number of hydrogen-bond donors (Lipinski definition) is 3. The second kappa shape index (κ2) is 11.3. The molecule has 0 radical (unpaired) electrons. The van der Waals surface area contributed by atoms with Crippen LogP contribution in [0.1, 0.15) is 67.4 Å². The van der Waals surface area contributed by atoms with E-state index in [2.05, 4.69) is 24.1 Å². The highest BCUT2D eigenvalue weighted by atomic mass is 32.2. The number of carbonyl (C=O) groups excluding carboxylic acids is 1. The third-order valence-corrected chi connectivity index (χ3v) is 9.43. The number of aromatic amines is 1. The molecule has 200 valence electrons. The molecule has 7 nitrogen and oxygen atoms in total. The first-order chi connectivity index (χ1) is 17.6. The van der Waals surface area contributed by atoms with Crippen LogP contribution in [0, 0.1) is 11.7 Å². The summed E-state index contributed by atoms with van der Waals surface area (Å²) in [5.74, 6) is -0.123. The van der Waals surface area contributed by atoms with Crippen LogP contribution in [-0.4, -0.2) is 49.0 Å². The van der Waals surface area contributed by atoms with Crippen molar-refractivity contribution in [2.45, 2.75) is 52.5 Å². The number of amides is 1. The van der Waals surface area contributed by atoms with Crippen molar-refractivity contribution >= 4 is 26.8 Å². The lowest BCUT2D eigenvalue weighted by Gasteiger charge is -2.31. The van der Waals surface area contributed by atoms with Gasteiger partial charge in [0.2, 0.25) is 10.0 Å². The number of piperidine rings is 1. The Morgan fingerprint density at radius 2 is 1.86 bits per heavy atom. The number of nitrogens with one attached hydrogen (secondary N) is 2. The molecule has 4 N–H and O–H groups in total. The van der Waals surface area contributed by atoms with Gasteiger partial charge in [-0.3, -0.25) is 4.79 Å². The van der Waals surface area contributed by atoms with Crippen LogP contribution in [0.4, 0.5) is 4.39 Å². The highest BCUT2D eigenvalue weighted by Gasteiger charge is 2.29. The highest BCUT2D eigenvalue weighted by molar-refractivity contribution is 7.89. The van der Waals surface area contributed by atoms with Gasteiger partial charge in [0.15, 0.2) is 0 Å². The van der Waals surface area contributed by atoms with Crippen molar-refractivity contribution in [3.63, 3.8) is 0 Å². The third kappa shape index (κ3) is 6.05. The molecule has 0 bridgehead atoms. The van der Waals surface area contributed by atoms with Crippen molar-refractivity contribution < 1.29 is 17.6 Å². The van der Waals surface area contributed by atoms with E-state index in [1.807, 2.05) is 18.3 Å². The monoisotopic (exact) mass is 528 g/mol. The largest absolute Gasteiger partial charge is 0.366 e. The Labute approximate surface area is 218 Å². The lowest BCUT2D eigenvalue weighted by molar-refractivity contribution is 0.100. The van der Waals surface area contributed by atoms with Gasteiger partial charge in [-0.2, -0.15) is 0 Å². The zero-order valence-electron chi connectivity index (χ0n) is 21.8. The summed E-state index contributed by atoms with van der Waals surface area (Å²) < 4.78 is 40.8. The SMILES string of the molecule is CCC(C)CNCc1cc(F)cc(-c2cc(C(N)=O)c3[nH]cc(C4CCN(S(=O)(=O)CC)CC4)c3c2)c1. The minimum absolute atomic E-state index is 0.0961. The normalized spacial score (nSPS) is 16.3. The number of benzene rings is 2. The molecule has 0 aliphatic carbocycles. The summed E-state index contributed by atoms with van der Waals surface area (Å²) in [6.07, 6.45) is 4.34. The lowest BCUT2D eigenvalue weighted by Crippen LogP contribution is -2.38. The summed E-state index contributed by atoms with van der Waals surface area (Å²) in [6, 6.07) is 8.64. The quantitative estimate of drug-likeness (QED) is 0.353. The molecule has 37 heavy (non-hydrogen) atoms. The van der Waals surface area contributed by atoms with Crippen molar-refractivity contribution in [2.75, 3.05) is 25.4 Å². The Kier molecular flexibility index (Phi) is 8.36. The van der Waals surface area contributed by atoms with E-state index in [4.69, 9.17) is 5.73 Å². The summed E-state index contributed by atoms with van der Waals surface area (Å²) >= 11 is 0. The molecule has 1 aliphatic heterocycles. The summed E-state index contributed by atoms with van der Waals surface area (Å²) in [5.41, 5.74) is 10.0. The Balaban J connectivity index is 1.67. The molecule has 1 atom stereocenters. The summed E-state index contributed by atoms with van der Waals surface area (Å²) in [5, 5.41) is 4.26. The number of rotatable bonds is 10. The van der Waals surface area contributed by atoms with E-state index >= 15 is 0 Å². The predicted octanol–water partition coefficient (Wildman–Crippen LogP) is 4.74. The second-order valence-corrected chi connectivity index (χ2v) is 12.4. The molecule has 2 heterocycles. The van der Waals surface area contributed by atoms with Crippen LogP contribution in [0.5, 0.6) is 0 Å². The zero-order chi connectivity index (χ0) is 26.7. The summed E-state index contributed by atoms with van der Waals surface area (Å²) in [4.78, 5) is 15.6. The van der Waals surface area contributed by atoms with E-state index in [9.17, 15) is 17.6 Å². The van der Waals surface area contributed by atoms with Crippen LogP contribution in [-0.2, 0) is 16.6 Å². The van der Waals surface area contributed by atoms with Gasteiger partial charge >= 0.3 is 0 Å². The number of aromatic nitrogens is 1. The van der Waals surface area contributed by atoms with Crippen molar-refractivity contribution in [3.8, 4) is 11.1 Å². The first kappa shape index (κ1) is 27.3. The Morgan fingerprint density at radius 1 is 1.16 bits per heavy atom. The second-order valence-electron chi connectivity index (χ2n) is 10.1. The zero-order valence-corrected chi connectivity index (χ0v) is 22.6. The van der Waals surface area contributed by atoms with Crippen molar-refractivity contribution in [1.29, 1.82) is 0 Å². The Morgan fingerprint density at radius 3 is 2.51 bits per heavy atom. The molecule has 0 spiro atoms. The number of hydrogen-bond acceptors (Lipinski definition) is 4. The van der Waals surface area contributed by atoms with Crippen LogP contribution in [0.15, 0.2) is 36.5 Å². The first-order valence-electron chi connectivity index (χ1n) is 13.1. The average Bonchev–Trinajstić information content (AvgIpc) is 3.31. The van der Waals surface area contributed by atoms with Gasteiger partial charge in [-0.25, -0.2) is 17.1 Å².